The largest absolute Gasteiger partial charge is 0.353 e. The molecule has 0 aromatic heterocycles. The van der Waals surface area contributed by atoms with Crippen molar-refractivity contribution in [2.45, 2.75) is 26.2 Å². The van der Waals surface area contributed by atoms with Crippen molar-refractivity contribution in [2.24, 2.45) is 5.40 Å². The van der Waals surface area contributed by atoms with Crippen molar-refractivity contribution in [3.8, 4) is 0 Å². The second kappa shape index (κ2) is 2.11. The molecule has 0 amide bonds. The lowest BCUT2D eigenvalue weighted by Gasteiger charge is -2.18. The average Bonchev–Trinajstić information content (AvgIpc) is 1.31. The zero-order chi connectivity index (χ0) is 6.08. The first kappa shape index (κ1) is 7.39. The standard InChI is InChI=1S/C4H15NSi2/c1-6(2)7(3,4)5/h6H,5H2,1-4H3. The van der Waals surface area contributed by atoms with E-state index in [-0.39, 0.29) is 0 Å². The summed E-state index contributed by atoms with van der Waals surface area (Å²) in [5, 5.41) is 5.88. The first-order chi connectivity index (χ1) is 2.94. The van der Waals surface area contributed by atoms with Gasteiger partial charge in [-0.05, 0) is 0 Å². The summed E-state index contributed by atoms with van der Waals surface area (Å²) in [6.45, 7) is 9.13. The van der Waals surface area contributed by atoms with Crippen LogP contribution < -0.4 is 5.40 Å². The molecule has 0 aromatic carbocycles. The highest BCUT2D eigenvalue weighted by Gasteiger charge is 2.19. The number of rotatable bonds is 1. The van der Waals surface area contributed by atoms with Crippen molar-refractivity contribution in [1.82, 2.24) is 0 Å². The molecule has 1 nitrogen and oxygen atoms in total. The van der Waals surface area contributed by atoms with Crippen LogP contribution in [0.3, 0.4) is 0 Å². The monoisotopic (exact) mass is 133 g/mol. The average molecular weight is 133 g/mol. The molecule has 0 bridgehead atoms. The van der Waals surface area contributed by atoms with E-state index in [1.54, 1.807) is 0 Å². The summed E-state index contributed by atoms with van der Waals surface area (Å²) in [7, 11) is -1.54. The van der Waals surface area contributed by atoms with Gasteiger partial charge in [0.05, 0.1) is 0 Å². The lowest BCUT2D eigenvalue weighted by atomic mass is 11.9. The summed E-state index contributed by atoms with van der Waals surface area (Å²) >= 11 is 0. The van der Waals surface area contributed by atoms with Gasteiger partial charge < -0.3 is 5.40 Å². The van der Waals surface area contributed by atoms with Crippen molar-refractivity contribution in [1.29, 1.82) is 0 Å². The van der Waals surface area contributed by atoms with Crippen LogP contribution in [0.4, 0.5) is 0 Å². The van der Waals surface area contributed by atoms with Gasteiger partial charge in [-0.2, -0.15) is 0 Å². The lowest BCUT2D eigenvalue weighted by Crippen LogP contribution is -2.51. The predicted octanol–water partition coefficient (Wildman–Crippen LogP) is 0.715. The molecule has 0 aliphatic rings. The summed E-state index contributed by atoms with van der Waals surface area (Å²) in [4.78, 5) is 0. The minimum absolute atomic E-state index is 0.442. The van der Waals surface area contributed by atoms with Crippen LogP contribution in [-0.4, -0.2) is 16.1 Å². The Morgan fingerprint density at radius 1 is 1.29 bits per heavy atom. The van der Waals surface area contributed by atoms with Crippen molar-refractivity contribution in [2.75, 3.05) is 0 Å². The summed E-state index contributed by atoms with van der Waals surface area (Å²) in [5.41, 5.74) is 0. The molecule has 0 aliphatic heterocycles. The SMILES string of the molecule is C[SiH](C)[Si](C)(C)N. The van der Waals surface area contributed by atoms with Gasteiger partial charge in [-0.25, -0.2) is 0 Å². The lowest BCUT2D eigenvalue weighted by molar-refractivity contribution is 1.67. The molecule has 0 atom stereocenters. The van der Waals surface area contributed by atoms with E-state index in [2.05, 4.69) is 26.2 Å². The van der Waals surface area contributed by atoms with E-state index in [0.29, 0.717) is 0 Å². The maximum atomic E-state index is 5.88. The van der Waals surface area contributed by atoms with E-state index in [4.69, 9.17) is 5.40 Å². The molecular formula is C4H15NSi2. The van der Waals surface area contributed by atoms with Crippen LogP contribution in [0, 0.1) is 0 Å². The molecule has 0 aliphatic carbocycles. The van der Waals surface area contributed by atoms with E-state index < -0.39 is 16.1 Å². The van der Waals surface area contributed by atoms with Crippen LogP contribution in [0.15, 0.2) is 0 Å². The fourth-order valence-electron chi connectivity index (χ4n) is 0. The molecule has 7 heavy (non-hydrogen) atoms. The molecule has 0 spiro atoms. The fourth-order valence-corrected chi connectivity index (χ4v) is 0. The zero-order valence-electron chi connectivity index (χ0n) is 5.65. The summed E-state index contributed by atoms with van der Waals surface area (Å²) in [6.07, 6.45) is 0. The van der Waals surface area contributed by atoms with E-state index in [9.17, 15) is 0 Å². The Labute approximate surface area is 48.4 Å². The smallest absolute Gasteiger partial charge is 0.102 e. The van der Waals surface area contributed by atoms with E-state index >= 15 is 0 Å². The van der Waals surface area contributed by atoms with Gasteiger partial charge in [0.1, 0.15) is 7.75 Å². The zero-order valence-corrected chi connectivity index (χ0v) is 7.81. The Bertz CT molecular complexity index is 55.2. The minimum atomic E-state index is -1.10. The highest BCUT2D eigenvalue weighted by atomic mass is 29.2. The van der Waals surface area contributed by atoms with Crippen LogP contribution in [-0.2, 0) is 0 Å². The molecule has 0 saturated heterocycles. The van der Waals surface area contributed by atoms with Gasteiger partial charge in [0.15, 0.2) is 0 Å². The molecule has 0 unspecified atom stereocenters. The van der Waals surface area contributed by atoms with Gasteiger partial charge >= 0.3 is 0 Å². The van der Waals surface area contributed by atoms with Crippen LogP contribution in [0.1, 0.15) is 0 Å². The third kappa shape index (κ3) is 3.02. The van der Waals surface area contributed by atoms with Crippen molar-refractivity contribution >= 4 is 16.1 Å². The Morgan fingerprint density at radius 2 is 1.43 bits per heavy atom. The van der Waals surface area contributed by atoms with Gasteiger partial charge in [-0.1, -0.05) is 26.2 Å². The second-order valence-corrected chi connectivity index (χ2v) is 16.9. The Balaban J connectivity index is 3.54. The Kier molecular flexibility index (Phi) is 2.23. The molecular weight excluding hydrogens is 118 g/mol. The van der Waals surface area contributed by atoms with Gasteiger partial charge in [-0.3, -0.25) is 0 Å². The predicted molar refractivity (Wildman–Crippen MR) is 40.5 cm³/mol. The highest BCUT2D eigenvalue weighted by Crippen LogP contribution is 1.96. The van der Waals surface area contributed by atoms with Crippen molar-refractivity contribution < 1.29 is 0 Å². The molecule has 0 aromatic rings. The number of nitrogens with two attached hydrogens (primary N) is 1. The van der Waals surface area contributed by atoms with Gasteiger partial charge in [0, 0.05) is 8.31 Å². The van der Waals surface area contributed by atoms with E-state index in [1.165, 1.54) is 0 Å². The van der Waals surface area contributed by atoms with E-state index in [1.807, 2.05) is 0 Å². The molecule has 0 heterocycles. The second-order valence-electron chi connectivity index (χ2n) is 2.98. The van der Waals surface area contributed by atoms with Crippen LogP contribution >= 0.6 is 0 Å². The van der Waals surface area contributed by atoms with Gasteiger partial charge in [0.25, 0.3) is 0 Å². The molecule has 0 saturated carbocycles. The molecule has 0 fully saturated rings. The van der Waals surface area contributed by atoms with Gasteiger partial charge in [0.2, 0.25) is 0 Å². The molecule has 0 radical (unpaired) electrons. The quantitative estimate of drug-likeness (QED) is 0.524. The topological polar surface area (TPSA) is 26.0 Å². The third-order valence-corrected chi connectivity index (χ3v) is 13.4. The molecule has 0 rings (SSSR count). The molecule has 44 valence electrons. The first-order valence-electron chi connectivity index (χ1n) is 2.73. The molecule has 3 heteroatoms. The van der Waals surface area contributed by atoms with Crippen molar-refractivity contribution in [3.63, 3.8) is 0 Å². The summed E-state index contributed by atoms with van der Waals surface area (Å²) in [5.74, 6) is 0. The third-order valence-electron chi connectivity index (χ3n) is 1.49. The van der Waals surface area contributed by atoms with Crippen LogP contribution in [0.2, 0.25) is 26.2 Å². The van der Waals surface area contributed by atoms with Crippen LogP contribution in [0.25, 0.3) is 0 Å². The number of hydrogen-bond acceptors (Lipinski definition) is 1. The molecule has 2 N–H and O–H groups in total. The van der Waals surface area contributed by atoms with Crippen LogP contribution in [0.5, 0.6) is 0 Å². The maximum Gasteiger partial charge on any atom is 0.102 e. The Hall–Kier alpha value is 0.394. The van der Waals surface area contributed by atoms with Crippen molar-refractivity contribution in [3.05, 3.63) is 0 Å². The summed E-state index contributed by atoms with van der Waals surface area (Å²) in [6, 6.07) is 0. The minimum Gasteiger partial charge on any atom is -0.353 e. The highest BCUT2D eigenvalue weighted by molar-refractivity contribution is 7.29. The summed E-state index contributed by atoms with van der Waals surface area (Å²) < 4.78 is 0. The van der Waals surface area contributed by atoms with E-state index in [0.717, 1.165) is 0 Å². The fraction of sp³-hybridized carbons (Fsp3) is 1.00. The first-order valence-corrected chi connectivity index (χ1v) is 9.93. The normalized spacial score (nSPS) is 12.9. The maximum absolute atomic E-state index is 5.88. The van der Waals surface area contributed by atoms with Gasteiger partial charge in [-0.15, -0.1) is 0 Å². The number of hydrogen-bond donors (Lipinski definition) is 1. The Morgan fingerprint density at radius 3 is 1.43 bits per heavy atom.